The molecule has 0 aliphatic carbocycles. The van der Waals surface area contributed by atoms with Crippen LogP contribution in [-0.4, -0.2) is 25.0 Å². The Morgan fingerprint density at radius 1 is 0.969 bits per heavy atom. The molecule has 2 saturated heterocycles. The molecule has 3 atom stereocenters. The molecule has 0 unspecified atom stereocenters. The lowest BCUT2D eigenvalue weighted by molar-refractivity contribution is -0.126. The molecule has 3 aromatic rings. The fraction of sp³-hybridized carbons (Fsp3) is 0.167. The van der Waals surface area contributed by atoms with Gasteiger partial charge in [-0.1, -0.05) is 46.3 Å². The summed E-state index contributed by atoms with van der Waals surface area (Å²) in [6, 6.07) is 19.7. The summed E-state index contributed by atoms with van der Waals surface area (Å²) in [4.78, 5) is 33.8. The Morgan fingerprint density at radius 2 is 1.69 bits per heavy atom. The monoisotopic (exact) mass is 496 g/mol. The molecule has 2 aliphatic heterocycles. The van der Waals surface area contributed by atoms with Crippen LogP contribution in [0.3, 0.4) is 0 Å². The van der Waals surface area contributed by atoms with Crippen molar-refractivity contribution in [2.45, 2.75) is 12.1 Å². The standard InChI is InChI=1S/C24H18BrFN2O4/c1-31-19-12-11-14(25)13-16(19)21-20-22(32-28(21)15-7-3-2-4-8-15)24(30)27(23(20)29)18-10-6-5-9-17(18)26/h2-13,20-22H,1H3/t20-,21-,22+/m1/s1. The van der Waals surface area contributed by atoms with Crippen LogP contribution in [-0.2, 0) is 14.4 Å². The van der Waals surface area contributed by atoms with Gasteiger partial charge in [0.05, 0.1) is 24.5 Å². The van der Waals surface area contributed by atoms with Gasteiger partial charge >= 0.3 is 0 Å². The first-order chi connectivity index (χ1) is 15.5. The third-order valence-corrected chi connectivity index (χ3v) is 6.22. The summed E-state index contributed by atoms with van der Waals surface area (Å²) in [5.74, 6) is -2.10. The average molecular weight is 497 g/mol. The lowest BCUT2D eigenvalue weighted by atomic mass is 9.90. The van der Waals surface area contributed by atoms with Crippen molar-refractivity contribution < 1.29 is 23.6 Å². The molecule has 2 amide bonds. The number of hydrogen-bond acceptors (Lipinski definition) is 5. The molecule has 5 rings (SSSR count). The zero-order valence-corrected chi connectivity index (χ0v) is 18.5. The van der Waals surface area contributed by atoms with Crippen molar-refractivity contribution in [3.05, 3.63) is 88.6 Å². The van der Waals surface area contributed by atoms with E-state index in [0.717, 1.165) is 9.37 Å². The van der Waals surface area contributed by atoms with Gasteiger partial charge in [-0.25, -0.2) is 14.4 Å². The number of nitrogens with zero attached hydrogens (tertiary/aromatic N) is 2. The van der Waals surface area contributed by atoms with Crippen molar-refractivity contribution >= 4 is 39.1 Å². The minimum Gasteiger partial charge on any atom is -0.496 e. The van der Waals surface area contributed by atoms with E-state index >= 15 is 0 Å². The summed E-state index contributed by atoms with van der Waals surface area (Å²) in [6.07, 6.45) is -1.09. The number of imide groups is 1. The number of anilines is 2. The van der Waals surface area contributed by atoms with Gasteiger partial charge in [-0.15, -0.1) is 0 Å². The zero-order chi connectivity index (χ0) is 22.4. The maximum Gasteiger partial charge on any atom is 0.266 e. The number of methoxy groups -OCH3 is 1. The van der Waals surface area contributed by atoms with Gasteiger partial charge in [-0.3, -0.25) is 14.4 Å². The largest absolute Gasteiger partial charge is 0.496 e. The Labute approximate surface area is 192 Å². The number of ether oxygens (including phenoxy) is 1. The number of fused-ring (bicyclic) bond motifs is 1. The first-order valence-corrected chi connectivity index (χ1v) is 10.8. The second-order valence-electron chi connectivity index (χ2n) is 7.51. The van der Waals surface area contributed by atoms with E-state index in [1.54, 1.807) is 24.3 Å². The highest BCUT2D eigenvalue weighted by molar-refractivity contribution is 9.10. The molecule has 0 radical (unpaired) electrons. The van der Waals surface area contributed by atoms with E-state index in [9.17, 15) is 14.0 Å². The molecule has 32 heavy (non-hydrogen) atoms. The first kappa shape index (κ1) is 20.7. The third-order valence-electron chi connectivity index (χ3n) is 5.73. The summed E-state index contributed by atoms with van der Waals surface area (Å²) >= 11 is 3.48. The van der Waals surface area contributed by atoms with Crippen molar-refractivity contribution in [3.8, 4) is 5.75 Å². The topological polar surface area (TPSA) is 59.1 Å². The van der Waals surface area contributed by atoms with Gasteiger partial charge in [-0.05, 0) is 42.5 Å². The molecule has 2 fully saturated rings. The van der Waals surface area contributed by atoms with Crippen LogP contribution in [0.1, 0.15) is 11.6 Å². The van der Waals surface area contributed by atoms with Gasteiger partial charge in [0.1, 0.15) is 17.5 Å². The van der Waals surface area contributed by atoms with Gasteiger partial charge in [-0.2, -0.15) is 0 Å². The molecule has 0 bridgehead atoms. The Morgan fingerprint density at radius 3 is 2.41 bits per heavy atom. The number of benzene rings is 3. The summed E-state index contributed by atoms with van der Waals surface area (Å²) < 4.78 is 20.8. The molecule has 2 aliphatic rings. The molecule has 0 saturated carbocycles. The molecular weight excluding hydrogens is 479 g/mol. The van der Waals surface area contributed by atoms with Crippen molar-refractivity contribution in [1.29, 1.82) is 0 Å². The number of carbonyl (C=O) groups is 2. The van der Waals surface area contributed by atoms with E-state index in [2.05, 4.69) is 15.9 Å². The van der Waals surface area contributed by atoms with Crippen LogP contribution in [0, 0.1) is 11.7 Å². The normalized spacial score (nSPS) is 22.4. The zero-order valence-electron chi connectivity index (χ0n) is 16.9. The summed E-state index contributed by atoms with van der Waals surface area (Å²) in [7, 11) is 1.54. The van der Waals surface area contributed by atoms with E-state index in [1.807, 2.05) is 42.5 Å². The quantitative estimate of drug-likeness (QED) is 0.492. The number of hydroxylamine groups is 1. The predicted octanol–water partition coefficient (Wildman–Crippen LogP) is 4.65. The van der Waals surface area contributed by atoms with E-state index in [1.165, 1.54) is 18.2 Å². The maximum absolute atomic E-state index is 14.5. The Kier molecular flexibility index (Phi) is 5.19. The molecule has 2 heterocycles. The molecule has 3 aromatic carbocycles. The fourth-order valence-corrected chi connectivity index (χ4v) is 4.71. The van der Waals surface area contributed by atoms with Gasteiger partial charge in [0.25, 0.3) is 5.91 Å². The van der Waals surface area contributed by atoms with Crippen molar-refractivity contribution in [1.82, 2.24) is 0 Å². The number of halogens is 2. The van der Waals surface area contributed by atoms with Gasteiger partial charge in [0, 0.05) is 10.0 Å². The Hall–Kier alpha value is -3.23. The first-order valence-electron chi connectivity index (χ1n) is 9.98. The van der Waals surface area contributed by atoms with Crippen LogP contribution >= 0.6 is 15.9 Å². The SMILES string of the molecule is COc1ccc(Br)cc1[C@@H]1[C@H]2C(=O)N(c3ccccc3F)C(=O)[C@H]2ON1c1ccccc1. The fourth-order valence-electron chi connectivity index (χ4n) is 4.34. The second kappa shape index (κ2) is 8.03. The number of para-hydroxylation sites is 2. The third kappa shape index (κ3) is 3.18. The highest BCUT2D eigenvalue weighted by Crippen LogP contribution is 2.50. The minimum absolute atomic E-state index is 0.0771. The predicted molar refractivity (Wildman–Crippen MR) is 120 cm³/mol. The second-order valence-corrected chi connectivity index (χ2v) is 8.42. The van der Waals surface area contributed by atoms with E-state index in [-0.39, 0.29) is 5.69 Å². The number of amides is 2. The van der Waals surface area contributed by atoms with Crippen LogP contribution in [0.25, 0.3) is 0 Å². The maximum atomic E-state index is 14.5. The van der Waals surface area contributed by atoms with Gasteiger partial charge < -0.3 is 4.74 Å². The smallest absolute Gasteiger partial charge is 0.266 e. The minimum atomic E-state index is -1.09. The number of rotatable bonds is 4. The Bertz CT molecular complexity index is 1210. The molecule has 0 aromatic heterocycles. The molecule has 0 spiro atoms. The van der Waals surface area contributed by atoms with Crippen LogP contribution in [0.4, 0.5) is 15.8 Å². The molecule has 162 valence electrons. The summed E-state index contributed by atoms with van der Waals surface area (Å²) in [5.41, 5.74) is 1.29. The lowest BCUT2D eigenvalue weighted by Gasteiger charge is -2.29. The van der Waals surface area contributed by atoms with Crippen LogP contribution < -0.4 is 14.7 Å². The molecule has 0 N–H and O–H groups in total. The highest BCUT2D eigenvalue weighted by Gasteiger charge is 2.61. The summed E-state index contributed by atoms with van der Waals surface area (Å²) in [6.45, 7) is 0. The van der Waals surface area contributed by atoms with Gasteiger partial charge in [0.2, 0.25) is 5.91 Å². The van der Waals surface area contributed by atoms with E-state index in [0.29, 0.717) is 17.0 Å². The van der Waals surface area contributed by atoms with Crippen molar-refractivity contribution in [2.75, 3.05) is 17.1 Å². The average Bonchev–Trinajstić information content (AvgIpc) is 3.31. The van der Waals surface area contributed by atoms with Crippen molar-refractivity contribution in [2.24, 2.45) is 5.92 Å². The Balaban J connectivity index is 1.65. The lowest BCUT2D eigenvalue weighted by Crippen LogP contribution is -2.38. The highest BCUT2D eigenvalue weighted by atomic mass is 79.9. The number of carbonyl (C=O) groups excluding carboxylic acids is 2. The van der Waals surface area contributed by atoms with Crippen LogP contribution in [0.5, 0.6) is 5.75 Å². The molecule has 6 nitrogen and oxygen atoms in total. The van der Waals surface area contributed by atoms with E-state index < -0.39 is 35.7 Å². The van der Waals surface area contributed by atoms with Crippen molar-refractivity contribution in [3.63, 3.8) is 0 Å². The number of hydrogen-bond donors (Lipinski definition) is 0. The van der Waals surface area contributed by atoms with E-state index in [4.69, 9.17) is 9.57 Å². The molecular formula is C24H18BrFN2O4. The van der Waals surface area contributed by atoms with Crippen LogP contribution in [0.15, 0.2) is 77.3 Å². The van der Waals surface area contributed by atoms with Gasteiger partial charge in [0.15, 0.2) is 6.10 Å². The molecule has 8 heteroatoms. The summed E-state index contributed by atoms with van der Waals surface area (Å²) in [5, 5.41) is 1.58. The van der Waals surface area contributed by atoms with Crippen LogP contribution in [0.2, 0.25) is 0 Å².